The highest BCUT2D eigenvalue weighted by Crippen LogP contribution is 2.37. The molecule has 1 rings (SSSR count). The largest absolute Gasteiger partial charge is 0.489 e. The molecule has 4 heteroatoms. The van der Waals surface area contributed by atoms with Crippen molar-refractivity contribution < 1.29 is 19.1 Å². The third kappa shape index (κ3) is 4.59. The average Bonchev–Trinajstić information content (AvgIpc) is 2.45. The number of hydrogen-bond donors (Lipinski definition) is 0. The van der Waals surface area contributed by atoms with Crippen molar-refractivity contribution in [2.75, 3.05) is 14.2 Å². The van der Waals surface area contributed by atoms with E-state index in [9.17, 15) is 9.59 Å². The molecule has 0 aromatic rings. The predicted octanol–water partition coefficient (Wildman–Crippen LogP) is 4.37. The van der Waals surface area contributed by atoms with Crippen molar-refractivity contribution in [2.45, 2.75) is 54.4 Å². The zero-order valence-electron chi connectivity index (χ0n) is 16.2. The van der Waals surface area contributed by atoms with Gasteiger partial charge in [0, 0.05) is 11.1 Å². The number of rotatable bonds is 7. The van der Waals surface area contributed by atoms with Gasteiger partial charge in [-0.25, -0.2) is 0 Å². The van der Waals surface area contributed by atoms with Crippen LogP contribution in [0.4, 0.5) is 0 Å². The summed E-state index contributed by atoms with van der Waals surface area (Å²) < 4.78 is 10.2. The van der Waals surface area contributed by atoms with Crippen LogP contribution in [0.3, 0.4) is 0 Å². The molecule has 0 aromatic heterocycles. The van der Waals surface area contributed by atoms with Crippen LogP contribution in [0.2, 0.25) is 0 Å². The molecule has 0 unspecified atom stereocenters. The van der Waals surface area contributed by atoms with E-state index < -0.39 is 0 Å². The van der Waals surface area contributed by atoms with Gasteiger partial charge in [0.2, 0.25) is 23.1 Å². The van der Waals surface area contributed by atoms with Crippen LogP contribution in [-0.2, 0) is 19.1 Å². The number of carbonyl (C=O) groups excluding carboxylic acids is 2. The number of Topliss-reactive ketones (excluding diaryl/α,β-unsaturated/α-hetero) is 2. The molecule has 0 aliphatic heterocycles. The minimum atomic E-state index is -0.269. The lowest BCUT2D eigenvalue weighted by Gasteiger charge is -2.29. The van der Waals surface area contributed by atoms with Crippen LogP contribution in [-0.4, -0.2) is 25.8 Å². The van der Waals surface area contributed by atoms with Crippen LogP contribution in [0.5, 0.6) is 0 Å². The van der Waals surface area contributed by atoms with Crippen LogP contribution < -0.4 is 0 Å². The molecular formula is C20H30O4. The predicted molar refractivity (Wildman–Crippen MR) is 95.4 cm³/mol. The minimum Gasteiger partial charge on any atom is -0.489 e. The summed E-state index contributed by atoms with van der Waals surface area (Å²) in [6.45, 7) is 12.3. The smallest absolute Gasteiger partial charge is 0.228 e. The van der Waals surface area contributed by atoms with E-state index in [4.69, 9.17) is 9.47 Å². The normalized spacial score (nSPS) is 17.1. The summed E-state index contributed by atoms with van der Waals surface area (Å²) in [7, 11) is 2.76. The molecule has 1 aliphatic carbocycles. The van der Waals surface area contributed by atoms with E-state index in [1.165, 1.54) is 19.8 Å². The fraction of sp³-hybridized carbons (Fsp3) is 0.600. The maximum Gasteiger partial charge on any atom is 0.228 e. The molecule has 1 aliphatic rings. The Morgan fingerprint density at radius 3 is 2.04 bits per heavy atom. The number of methoxy groups -OCH3 is 2. The van der Waals surface area contributed by atoms with Crippen LogP contribution >= 0.6 is 0 Å². The van der Waals surface area contributed by atoms with Crippen molar-refractivity contribution in [2.24, 2.45) is 11.3 Å². The van der Waals surface area contributed by atoms with Gasteiger partial charge in [0.05, 0.1) is 14.2 Å². The van der Waals surface area contributed by atoms with E-state index in [1.54, 1.807) is 6.92 Å². The Morgan fingerprint density at radius 2 is 1.58 bits per heavy atom. The van der Waals surface area contributed by atoms with E-state index in [0.717, 1.165) is 6.42 Å². The second-order valence-electron chi connectivity index (χ2n) is 7.60. The number of carbonyl (C=O) groups is 2. The topological polar surface area (TPSA) is 52.6 Å². The van der Waals surface area contributed by atoms with Crippen molar-refractivity contribution in [1.82, 2.24) is 0 Å². The van der Waals surface area contributed by atoms with Crippen LogP contribution in [0, 0.1) is 11.3 Å². The van der Waals surface area contributed by atoms with Crippen molar-refractivity contribution in [3.05, 3.63) is 34.3 Å². The van der Waals surface area contributed by atoms with Gasteiger partial charge in [-0.05, 0) is 38.0 Å². The quantitative estimate of drug-likeness (QED) is 0.512. The Balaban J connectivity index is 3.11. The molecule has 0 heterocycles. The molecule has 0 saturated carbocycles. The fourth-order valence-electron chi connectivity index (χ4n) is 3.33. The second-order valence-corrected chi connectivity index (χ2v) is 7.60. The van der Waals surface area contributed by atoms with E-state index in [0.29, 0.717) is 23.5 Å². The molecule has 4 nitrogen and oxygen atoms in total. The summed E-state index contributed by atoms with van der Waals surface area (Å²) >= 11 is 0. The van der Waals surface area contributed by atoms with Crippen molar-refractivity contribution in [1.29, 1.82) is 0 Å². The Hall–Kier alpha value is -1.84. The highest BCUT2D eigenvalue weighted by Gasteiger charge is 2.37. The maximum atomic E-state index is 12.7. The lowest BCUT2D eigenvalue weighted by molar-refractivity contribution is -0.121. The monoisotopic (exact) mass is 334 g/mol. The summed E-state index contributed by atoms with van der Waals surface area (Å²) in [4.78, 5) is 25.2. The summed E-state index contributed by atoms with van der Waals surface area (Å²) in [5.74, 6) is -0.0167. The summed E-state index contributed by atoms with van der Waals surface area (Å²) in [6, 6.07) is 0. The second kappa shape index (κ2) is 7.82. The highest BCUT2D eigenvalue weighted by atomic mass is 16.5. The fourth-order valence-corrected chi connectivity index (χ4v) is 3.33. The molecule has 0 fully saturated rings. The van der Waals surface area contributed by atoms with Gasteiger partial charge in [0.25, 0.3) is 0 Å². The first-order valence-corrected chi connectivity index (χ1v) is 8.32. The van der Waals surface area contributed by atoms with E-state index in [-0.39, 0.29) is 28.5 Å². The molecule has 0 N–H and O–H groups in total. The SMILES string of the molecule is COC1=C(OC)C(=O)C(CC(C)(C)CC(C)=CC(C)C)=C(C)C1=O. The van der Waals surface area contributed by atoms with Crippen LogP contribution in [0.25, 0.3) is 0 Å². The van der Waals surface area contributed by atoms with Crippen molar-refractivity contribution in [3.8, 4) is 0 Å². The number of ketones is 2. The number of ether oxygens (including phenoxy) is 2. The summed E-state index contributed by atoms with van der Waals surface area (Å²) in [5.41, 5.74) is 2.14. The first-order chi connectivity index (χ1) is 11.0. The molecule has 0 radical (unpaired) electrons. The Bertz CT molecular complexity index is 616. The summed E-state index contributed by atoms with van der Waals surface area (Å²) in [6.07, 6.45) is 3.63. The molecule has 0 spiro atoms. The lowest BCUT2D eigenvalue weighted by atomic mass is 9.76. The van der Waals surface area contributed by atoms with Gasteiger partial charge < -0.3 is 9.47 Å². The molecule has 0 aromatic carbocycles. The first-order valence-electron chi connectivity index (χ1n) is 8.32. The molecule has 0 bridgehead atoms. The molecule has 0 saturated heterocycles. The number of allylic oxidation sites excluding steroid dienone is 4. The molecular weight excluding hydrogens is 304 g/mol. The highest BCUT2D eigenvalue weighted by molar-refractivity contribution is 6.23. The molecule has 0 amide bonds. The van der Waals surface area contributed by atoms with E-state index in [1.807, 2.05) is 0 Å². The number of hydrogen-bond acceptors (Lipinski definition) is 4. The van der Waals surface area contributed by atoms with Crippen molar-refractivity contribution in [3.63, 3.8) is 0 Å². The Morgan fingerprint density at radius 1 is 1.08 bits per heavy atom. The van der Waals surface area contributed by atoms with Gasteiger partial charge in [-0.15, -0.1) is 0 Å². The van der Waals surface area contributed by atoms with Crippen LogP contribution in [0.15, 0.2) is 34.3 Å². The third-order valence-electron chi connectivity index (χ3n) is 4.12. The van der Waals surface area contributed by atoms with Crippen molar-refractivity contribution >= 4 is 11.6 Å². The average molecular weight is 334 g/mol. The van der Waals surface area contributed by atoms with Gasteiger partial charge in [0.1, 0.15) is 0 Å². The zero-order valence-corrected chi connectivity index (χ0v) is 16.2. The zero-order chi connectivity index (χ0) is 18.7. The van der Waals surface area contributed by atoms with Gasteiger partial charge in [0.15, 0.2) is 0 Å². The molecule has 0 atom stereocenters. The minimum absolute atomic E-state index is 0.00237. The van der Waals surface area contributed by atoms with Gasteiger partial charge in [-0.2, -0.15) is 0 Å². The Labute approximate surface area is 145 Å². The molecule has 24 heavy (non-hydrogen) atoms. The summed E-state index contributed by atoms with van der Waals surface area (Å²) in [5, 5.41) is 0. The van der Waals surface area contributed by atoms with Crippen LogP contribution in [0.1, 0.15) is 54.4 Å². The first kappa shape index (κ1) is 20.2. The maximum absolute atomic E-state index is 12.7. The van der Waals surface area contributed by atoms with Gasteiger partial charge >= 0.3 is 0 Å². The standard InChI is InChI=1S/C20H30O4/c1-12(2)9-13(3)10-20(5,6)11-15-14(4)16(21)18(23-7)19(24-8)17(15)22/h9,12H,10-11H2,1-8H3. The lowest BCUT2D eigenvalue weighted by Crippen LogP contribution is -2.28. The Kier molecular flexibility index (Phi) is 6.58. The van der Waals surface area contributed by atoms with E-state index >= 15 is 0 Å². The van der Waals surface area contributed by atoms with Gasteiger partial charge in [-0.3, -0.25) is 9.59 Å². The third-order valence-corrected chi connectivity index (χ3v) is 4.12. The van der Waals surface area contributed by atoms with E-state index in [2.05, 4.69) is 40.7 Å². The van der Waals surface area contributed by atoms with Gasteiger partial charge in [-0.1, -0.05) is 39.3 Å². The molecule has 134 valence electrons.